The number of hydrogen-bond donors (Lipinski definition) is 2. The lowest BCUT2D eigenvalue weighted by Gasteiger charge is -2.38. The molecule has 1 aromatic rings. The van der Waals surface area contributed by atoms with Crippen molar-refractivity contribution in [2.45, 2.75) is 95.7 Å². The van der Waals surface area contributed by atoms with E-state index in [1.807, 2.05) is 24.3 Å². The van der Waals surface area contributed by atoms with Crippen LogP contribution in [0.15, 0.2) is 24.3 Å². The molecule has 0 radical (unpaired) electrons. The number of carbonyl (C=O) groups is 3. The van der Waals surface area contributed by atoms with Gasteiger partial charge in [-0.15, -0.1) is 0 Å². The first-order valence-corrected chi connectivity index (χ1v) is 13.4. The Morgan fingerprint density at radius 3 is 2.39 bits per heavy atom. The summed E-state index contributed by atoms with van der Waals surface area (Å²) in [5.41, 5.74) is 1.69. The molecule has 3 fully saturated rings. The molecule has 4 rings (SSSR count). The highest BCUT2D eigenvalue weighted by atomic mass is 16.2. The first-order valence-electron chi connectivity index (χ1n) is 13.4. The van der Waals surface area contributed by atoms with Crippen molar-refractivity contribution in [3.63, 3.8) is 0 Å². The molecular formula is C28H39N5O3. The summed E-state index contributed by atoms with van der Waals surface area (Å²) in [4.78, 5) is 43.3. The summed E-state index contributed by atoms with van der Waals surface area (Å²) in [6.07, 6.45) is 8.87. The van der Waals surface area contributed by atoms with Gasteiger partial charge in [0, 0.05) is 37.2 Å². The van der Waals surface area contributed by atoms with Crippen LogP contribution in [0.4, 0.5) is 5.69 Å². The van der Waals surface area contributed by atoms with Crippen LogP contribution in [0, 0.1) is 17.4 Å². The van der Waals surface area contributed by atoms with Crippen molar-refractivity contribution in [3.8, 4) is 6.19 Å². The average molecular weight is 494 g/mol. The lowest BCUT2D eigenvalue weighted by Crippen LogP contribution is -2.59. The molecule has 3 amide bonds. The molecule has 3 unspecified atom stereocenters. The highest BCUT2D eigenvalue weighted by molar-refractivity contribution is 6.04. The van der Waals surface area contributed by atoms with Gasteiger partial charge in [-0.3, -0.25) is 24.2 Å². The standard InChI is InChI=1S/C28H39N5O3/c1-28(2,3)20-11-13-22(14-12-20)33(27(36)23-10-7-15-32(23)18-29)25(19-16-24(34)30-17-19)26(35)31-21-8-5-4-6-9-21/h11-14,19,21,23,25H,4-10,15-17H2,1-3H3,(H,30,34)(H,31,35). The third-order valence-corrected chi connectivity index (χ3v) is 7.87. The molecule has 36 heavy (non-hydrogen) atoms. The van der Waals surface area contributed by atoms with Gasteiger partial charge in [0.15, 0.2) is 6.19 Å². The second-order valence-electron chi connectivity index (χ2n) is 11.5. The molecular weight excluding hydrogens is 454 g/mol. The van der Waals surface area contributed by atoms with E-state index in [2.05, 4.69) is 37.6 Å². The minimum absolute atomic E-state index is 0.0595. The molecule has 3 aliphatic rings. The topological polar surface area (TPSA) is 106 Å². The minimum atomic E-state index is -0.833. The fourth-order valence-electron chi connectivity index (χ4n) is 5.78. The zero-order chi connectivity index (χ0) is 25.9. The molecule has 2 N–H and O–H groups in total. The van der Waals surface area contributed by atoms with Gasteiger partial charge in [-0.1, -0.05) is 52.2 Å². The molecule has 2 heterocycles. The molecule has 8 nitrogen and oxygen atoms in total. The first-order chi connectivity index (χ1) is 17.2. The second-order valence-corrected chi connectivity index (χ2v) is 11.5. The molecule has 0 spiro atoms. The fraction of sp³-hybridized carbons (Fsp3) is 0.643. The largest absolute Gasteiger partial charge is 0.356 e. The minimum Gasteiger partial charge on any atom is -0.356 e. The molecule has 2 aliphatic heterocycles. The van der Waals surface area contributed by atoms with Gasteiger partial charge in [-0.2, -0.15) is 5.26 Å². The quantitative estimate of drug-likeness (QED) is 0.592. The Morgan fingerprint density at radius 2 is 1.81 bits per heavy atom. The summed E-state index contributed by atoms with van der Waals surface area (Å²) in [6, 6.07) is 6.44. The third-order valence-electron chi connectivity index (χ3n) is 7.87. The summed E-state index contributed by atoms with van der Waals surface area (Å²) in [5.74, 6) is -0.909. The highest BCUT2D eigenvalue weighted by Gasteiger charge is 2.45. The Bertz CT molecular complexity index is 1000. The van der Waals surface area contributed by atoms with Crippen LogP contribution < -0.4 is 15.5 Å². The van der Waals surface area contributed by atoms with E-state index >= 15 is 0 Å². The summed E-state index contributed by atoms with van der Waals surface area (Å²) in [6.45, 7) is 7.27. The Kier molecular flexibility index (Phi) is 7.87. The van der Waals surface area contributed by atoms with Gasteiger partial charge in [0.05, 0.1) is 0 Å². The van der Waals surface area contributed by atoms with E-state index in [-0.39, 0.29) is 41.5 Å². The number of hydrogen-bond acceptors (Lipinski definition) is 5. The number of anilines is 1. The Morgan fingerprint density at radius 1 is 1.11 bits per heavy atom. The van der Waals surface area contributed by atoms with Crippen molar-refractivity contribution in [2.75, 3.05) is 18.0 Å². The maximum Gasteiger partial charge on any atom is 0.251 e. The van der Waals surface area contributed by atoms with Crippen molar-refractivity contribution in [1.82, 2.24) is 15.5 Å². The number of nitriles is 1. The SMILES string of the molecule is CC(C)(C)c1ccc(N(C(=O)C2CCCN2C#N)C(C(=O)NC2CCCCC2)C2CNC(=O)C2)cc1. The number of likely N-dealkylation sites (tertiary alicyclic amines) is 1. The van der Waals surface area contributed by atoms with E-state index < -0.39 is 12.1 Å². The van der Waals surface area contributed by atoms with Gasteiger partial charge in [-0.05, 0) is 48.8 Å². The molecule has 194 valence electrons. The van der Waals surface area contributed by atoms with Crippen molar-refractivity contribution in [2.24, 2.45) is 5.92 Å². The van der Waals surface area contributed by atoms with Crippen molar-refractivity contribution < 1.29 is 14.4 Å². The zero-order valence-electron chi connectivity index (χ0n) is 21.8. The third kappa shape index (κ3) is 5.66. The van der Waals surface area contributed by atoms with Crippen molar-refractivity contribution >= 4 is 23.4 Å². The van der Waals surface area contributed by atoms with Gasteiger partial charge in [0.1, 0.15) is 12.1 Å². The Balaban J connectivity index is 1.73. The summed E-state index contributed by atoms with van der Waals surface area (Å²) in [5, 5.41) is 15.7. The van der Waals surface area contributed by atoms with Gasteiger partial charge in [0.25, 0.3) is 5.91 Å². The number of carbonyl (C=O) groups excluding carboxylic acids is 3. The predicted octanol–water partition coefficient (Wildman–Crippen LogP) is 3.22. The van der Waals surface area contributed by atoms with E-state index in [9.17, 15) is 19.6 Å². The van der Waals surface area contributed by atoms with Crippen LogP contribution in [0.2, 0.25) is 0 Å². The first kappa shape index (κ1) is 26.0. The molecule has 1 saturated carbocycles. The monoisotopic (exact) mass is 493 g/mol. The maximum atomic E-state index is 14.1. The maximum absolute atomic E-state index is 14.1. The zero-order valence-corrected chi connectivity index (χ0v) is 21.8. The number of nitrogens with one attached hydrogen (secondary N) is 2. The molecule has 0 bridgehead atoms. The van der Waals surface area contributed by atoms with Crippen molar-refractivity contribution in [1.29, 1.82) is 5.26 Å². The summed E-state index contributed by atoms with van der Waals surface area (Å²) >= 11 is 0. The number of nitrogens with zero attached hydrogens (tertiary/aromatic N) is 3. The molecule has 8 heteroatoms. The van der Waals surface area contributed by atoms with E-state index in [0.717, 1.165) is 37.7 Å². The van der Waals surface area contributed by atoms with Gasteiger partial charge in [0.2, 0.25) is 11.8 Å². The van der Waals surface area contributed by atoms with Gasteiger partial charge in [-0.25, -0.2) is 0 Å². The molecule has 3 atom stereocenters. The van der Waals surface area contributed by atoms with Crippen LogP contribution in [0.25, 0.3) is 0 Å². The smallest absolute Gasteiger partial charge is 0.251 e. The highest BCUT2D eigenvalue weighted by Crippen LogP contribution is 2.32. The van der Waals surface area contributed by atoms with Crippen LogP contribution >= 0.6 is 0 Å². The van der Waals surface area contributed by atoms with Crippen LogP contribution in [-0.4, -0.2) is 53.8 Å². The van der Waals surface area contributed by atoms with Crippen LogP contribution in [0.3, 0.4) is 0 Å². The molecule has 2 saturated heterocycles. The fourth-order valence-corrected chi connectivity index (χ4v) is 5.78. The lowest BCUT2D eigenvalue weighted by molar-refractivity contribution is -0.129. The Hall–Kier alpha value is -3.08. The molecule has 0 aromatic heterocycles. The number of rotatable bonds is 6. The van der Waals surface area contributed by atoms with E-state index in [0.29, 0.717) is 25.2 Å². The molecule has 1 aliphatic carbocycles. The van der Waals surface area contributed by atoms with E-state index in [1.54, 1.807) is 4.90 Å². The van der Waals surface area contributed by atoms with E-state index in [1.165, 1.54) is 11.3 Å². The number of amides is 3. The van der Waals surface area contributed by atoms with Crippen LogP contribution in [0.5, 0.6) is 0 Å². The Labute approximate surface area is 214 Å². The second kappa shape index (κ2) is 10.9. The summed E-state index contributed by atoms with van der Waals surface area (Å²) < 4.78 is 0. The van der Waals surface area contributed by atoms with Crippen LogP contribution in [0.1, 0.15) is 77.7 Å². The molecule has 1 aromatic carbocycles. The average Bonchev–Trinajstić information content (AvgIpc) is 3.51. The number of benzene rings is 1. The van der Waals surface area contributed by atoms with Crippen molar-refractivity contribution in [3.05, 3.63) is 29.8 Å². The van der Waals surface area contributed by atoms with Gasteiger partial charge >= 0.3 is 0 Å². The normalized spacial score (nSPS) is 23.6. The van der Waals surface area contributed by atoms with E-state index in [4.69, 9.17) is 0 Å². The van der Waals surface area contributed by atoms with Crippen LogP contribution in [-0.2, 0) is 19.8 Å². The summed E-state index contributed by atoms with van der Waals surface area (Å²) in [7, 11) is 0. The predicted molar refractivity (Wildman–Crippen MR) is 138 cm³/mol. The van der Waals surface area contributed by atoms with Gasteiger partial charge < -0.3 is 10.6 Å². The lowest BCUT2D eigenvalue weighted by atomic mass is 9.86.